The molecule has 0 radical (unpaired) electrons. The largest absolute Gasteiger partial charge is 0.480 e. The van der Waals surface area contributed by atoms with Crippen molar-refractivity contribution >= 4 is 39.2 Å². The molecule has 3 nitrogen and oxygen atoms in total. The van der Waals surface area contributed by atoms with Crippen molar-refractivity contribution in [1.82, 2.24) is 0 Å². The predicted molar refractivity (Wildman–Crippen MR) is 91.4 cm³/mol. The number of nitrogens with one attached hydrogen (secondary N) is 1. The van der Waals surface area contributed by atoms with E-state index >= 15 is 0 Å². The molecule has 2 aromatic carbocycles. The van der Waals surface area contributed by atoms with Gasteiger partial charge in [0.1, 0.15) is 12.4 Å². The summed E-state index contributed by atoms with van der Waals surface area (Å²) in [7, 11) is 0. The van der Waals surface area contributed by atoms with Crippen molar-refractivity contribution in [3.05, 3.63) is 58.1 Å². The average molecular weight is 354 g/mol. The molecular weight excluding hydrogens is 342 g/mol. The zero-order valence-corrected chi connectivity index (χ0v) is 13.2. The molecule has 108 valence electrons. The number of benzene rings is 2. The number of terminal acetylenes is 1. The van der Waals surface area contributed by atoms with Gasteiger partial charge >= 0.3 is 0 Å². The van der Waals surface area contributed by atoms with Crippen molar-refractivity contribution in [2.45, 2.75) is 0 Å². The van der Waals surface area contributed by atoms with Crippen molar-refractivity contribution < 1.29 is 9.53 Å². The minimum atomic E-state index is -0.0926. The van der Waals surface area contributed by atoms with E-state index < -0.39 is 0 Å². The van der Waals surface area contributed by atoms with E-state index in [1.807, 2.05) is 48.5 Å². The van der Waals surface area contributed by atoms with E-state index in [0.29, 0.717) is 11.3 Å². The molecule has 0 saturated carbocycles. The lowest BCUT2D eigenvalue weighted by Crippen LogP contribution is -2.03. The van der Waals surface area contributed by atoms with Crippen LogP contribution in [0.2, 0.25) is 0 Å². The normalized spacial score (nSPS) is 14.4. The minimum Gasteiger partial charge on any atom is -0.480 e. The van der Waals surface area contributed by atoms with Gasteiger partial charge in [-0.2, -0.15) is 0 Å². The van der Waals surface area contributed by atoms with Crippen LogP contribution in [0.4, 0.5) is 5.69 Å². The van der Waals surface area contributed by atoms with Gasteiger partial charge in [0.05, 0.1) is 4.47 Å². The third-order valence-corrected chi connectivity index (χ3v) is 3.91. The van der Waals surface area contributed by atoms with E-state index in [9.17, 15) is 4.79 Å². The number of amides is 1. The van der Waals surface area contributed by atoms with Crippen molar-refractivity contribution in [1.29, 1.82) is 0 Å². The first-order valence-corrected chi connectivity index (χ1v) is 7.46. The number of carbonyl (C=O) groups excluding carboxylic acids is 1. The molecule has 0 atom stereocenters. The molecular formula is C18H12BrNO2. The Kier molecular flexibility index (Phi) is 3.99. The maximum Gasteiger partial charge on any atom is 0.256 e. The number of rotatable bonds is 3. The molecule has 1 aliphatic heterocycles. The Balaban J connectivity index is 1.94. The molecule has 0 aromatic heterocycles. The van der Waals surface area contributed by atoms with Gasteiger partial charge in [0.25, 0.3) is 5.91 Å². The zero-order chi connectivity index (χ0) is 15.5. The Bertz CT molecular complexity index is 818. The van der Waals surface area contributed by atoms with Crippen molar-refractivity contribution in [3.63, 3.8) is 0 Å². The fourth-order valence-corrected chi connectivity index (χ4v) is 2.80. The highest BCUT2D eigenvalue weighted by Gasteiger charge is 2.23. The smallest absolute Gasteiger partial charge is 0.256 e. The molecule has 0 saturated heterocycles. The van der Waals surface area contributed by atoms with Crippen LogP contribution in [-0.2, 0) is 4.79 Å². The summed E-state index contributed by atoms with van der Waals surface area (Å²) in [4.78, 5) is 12.1. The van der Waals surface area contributed by atoms with Gasteiger partial charge in [0, 0.05) is 16.8 Å². The van der Waals surface area contributed by atoms with E-state index in [1.165, 1.54) is 0 Å². The van der Waals surface area contributed by atoms with E-state index in [0.717, 1.165) is 21.3 Å². The molecule has 0 fully saturated rings. The molecule has 0 aliphatic carbocycles. The lowest BCUT2D eigenvalue weighted by atomic mass is 10.0. The number of carbonyl (C=O) groups is 1. The minimum absolute atomic E-state index is 0.0926. The first kappa shape index (κ1) is 14.4. The highest BCUT2D eigenvalue weighted by molar-refractivity contribution is 9.10. The standard InChI is InChI=1S/C18H12BrNO2/c1-2-9-22-17-8-7-12(11-15(17)19)10-14-13-5-3-4-6-16(13)20-18(14)21/h1,3-8,10-11H,9H2,(H,20,21)/b14-10+. The third kappa shape index (κ3) is 2.76. The first-order chi connectivity index (χ1) is 10.7. The Morgan fingerprint density at radius 3 is 2.86 bits per heavy atom. The highest BCUT2D eigenvalue weighted by atomic mass is 79.9. The van der Waals surface area contributed by atoms with Gasteiger partial charge in [0.15, 0.2) is 0 Å². The van der Waals surface area contributed by atoms with Gasteiger partial charge in [0.2, 0.25) is 0 Å². The van der Waals surface area contributed by atoms with Crippen LogP contribution in [0.1, 0.15) is 11.1 Å². The number of anilines is 1. The number of hydrogen-bond donors (Lipinski definition) is 1. The lowest BCUT2D eigenvalue weighted by Gasteiger charge is -2.06. The van der Waals surface area contributed by atoms with Gasteiger partial charge in [-0.15, -0.1) is 6.42 Å². The fraction of sp³-hybridized carbons (Fsp3) is 0.0556. The summed E-state index contributed by atoms with van der Waals surface area (Å²) in [6.07, 6.45) is 7.04. The van der Waals surface area contributed by atoms with Gasteiger partial charge in [-0.25, -0.2) is 0 Å². The van der Waals surface area contributed by atoms with Crippen LogP contribution < -0.4 is 10.1 Å². The second kappa shape index (κ2) is 6.08. The molecule has 22 heavy (non-hydrogen) atoms. The summed E-state index contributed by atoms with van der Waals surface area (Å²) >= 11 is 3.45. The monoisotopic (exact) mass is 353 g/mol. The quantitative estimate of drug-likeness (QED) is 0.670. The van der Waals surface area contributed by atoms with Crippen molar-refractivity contribution in [2.75, 3.05) is 11.9 Å². The number of halogens is 1. The van der Waals surface area contributed by atoms with E-state index in [1.54, 1.807) is 0 Å². The first-order valence-electron chi connectivity index (χ1n) is 6.67. The van der Waals surface area contributed by atoms with Crippen LogP contribution >= 0.6 is 15.9 Å². The number of para-hydroxylation sites is 1. The van der Waals surface area contributed by atoms with Crippen LogP contribution in [0.25, 0.3) is 11.6 Å². The maximum absolute atomic E-state index is 12.1. The Morgan fingerprint density at radius 2 is 2.09 bits per heavy atom. The zero-order valence-electron chi connectivity index (χ0n) is 11.6. The Hall–Kier alpha value is -2.51. The van der Waals surface area contributed by atoms with Crippen LogP contribution in [0, 0.1) is 12.3 Å². The van der Waals surface area contributed by atoms with Crippen LogP contribution in [-0.4, -0.2) is 12.5 Å². The van der Waals surface area contributed by atoms with E-state index in [4.69, 9.17) is 11.2 Å². The second-order valence-electron chi connectivity index (χ2n) is 4.74. The van der Waals surface area contributed by atoms with Crippen LogP contribution in [0.15, 0.2) is 46.9 Å². The second-order valence-corrected chi connectivity index (χ2v) is 5.59. The summed E-state index contributed by atoms with van der Waals surface area (Å²) in [5.74, 6) is 3.01. The topological polar surface area (TPSA) is 38.3 Å². The summed E-state index contributed by atoms with van der Waals surface area (Å²) in [5.41, 5.74) is 3.31. The molecule has 1 aliphatic rings. The fourth-order valence-electron chi connectivity index (χ4n) is 2.29. The lowest BCUT2D eigenvalue weighted by molar-refractivity contribution is -0.110. The number of hydrogen-bond acceptors (Lipinski definition) is 2. The summed E-state index contributed by atoms with van der Waals surface area (Å²) in [6, 6.07) is 13.2. The molecule has 0 unspecified atom stereocenters. The maximum atomic E-state index is 12.1. The van der Waals surface area contributed by atoms with Crippen LogP contribution in [0.5, 0.6) is 5.75 Å². The van der Waals surface area contributed by atoms with Crippen molar-refractivity contribution in [3.8, 4) is 18.1 Å². The SMILES string of the molecule is C#CCOc1ccc(/C=C2/C(=O)Nc3ccccc32)cc1Br. The Labute approximate surface area is 137 Å². The average Bonchev–Trinajstić information content (AvgIpc) is 2.83. The van der Waals surface area contributed by atoms with Crippen LogP contribution in [0.3, 0.4) is 0 Å². The summed E-state index contributed by atoms with van der Waals surface area (Å²) in [5, 5.41) is 2.86. The predicted octanol–water partition coefficient (Wildman–Crippen LogP) is 3.95. The molecule has 1 N–H and O–H groups in total. The third-order valence-electron chi connectivity index (χ3n) is 3.29. The van der Waals surface area contributed by atoms with Gasteiger partial charge < -0.3 is 10.1 Å². The molecule has 2 aromatic rings. The Morgan fingerprint density at radius 1 is 1.27 bits per heavy atom. The van der Waals surface area contributed by atoms with Crippen molar-refractivity contribution in [2.24, 2.45) is 0 Å². The molecule has 4 heteroatoms. The number of ether oxygens (including phenoxy) is 1. The summed E-state index contributed by atoms with van der Waals surface area (Å²) < 4.78 is 6.20. The molecule has 3 rings (SSSR count). The van der Waals surface area contributed by atoms with E-state index in [-0.39, 0.29) is 12.5 Å². The summed E-state index contributed by atoms with van der Waals surface area (Å²) in [6.45, 7) is 0.217. The van der Waals surface area contributed by atoms with E-state index in [2.05, 4.69) is 27.2 Å². The molecule has 1 amide bonds. The van der Waals surface area contributed by atoms with Gasteiger partial charge in [-0.3, -0.25) is 4.79 Å². The number of fused-ring (bicyclic) bond motifs is 1. The molecule has 0 bridgehead atoms. The van der Waals surface area contributed by atoms with Gasteiger partial charge in [-0.1, -0.05) is 30.2 Å². The highest BCUT2D eigenvalue weighted by Crippen LogP contribution is 2.34. The molecule has 1 heterocycles. The van der Waals surface area contributed by atoms with Gasteiger partial charge in [-0.05, 0) is 45.8 Å². The molecule has 0 spiro atoms.